The van der Waals surface area contributed by atoms with Crippen LogP contribution in [0.4, 0.5) is 4.39 Å². The SMILES string of the molecule is C[C@H](C#N)OC(=O)C1CCN(C(=O)c2ccc(F)cc2)CC1. The number of carbonyl (C=O) groups excluding carboxylic acids is 2. The van der Waals surface area contributed by atoms with E-state index in [1.165, 1.54) is 31.2 Å². The predicted octanol–water partition coefficient (Wildman–Crippen LogP) is 2.13. The van der Waals surface area contributed by atoms with E-state index in [0.29, 0.717) is 31.5 Å². The number of carbonyl (C=O) groups is 2. The highest BCUT2D eigenvalue weighted by Crippen LogP contribution is 2.21. The number of nitrogens with zero attached hydrogens (tertiary/aromatic N) is 2. The Balaban J connectivity index is 1.89. The van der Waals surface area contributed by atoms with Crippen LogP contribution < -0.4 is 0 Å². The highest BCUT2D eigenvalue weighted by molar-refractivity contribution is 5.94. The summed E-state index contributed by atoms with van der Waals surface area (Å²) in [5, 5.41) is 8.64. The quantitative estimate of drug-likeness (QED) is 0.802. The van der Waals surface area contributed by atoms with Gasteiger partial charge in [-0.05, 0) is 44.0 Å². The number of benzene rings is 1. The Bertz CT molecular complexity index is 586. The summed E-state index contributed by atoms with van der Waals surface area (Å²) in [4.78, 5) is 25.7. The minimum atomic E-state index is -0.758. The van der Waals surface area contributed by atoms with Gasteiger partial charge in [0.2, 0.25) is 0 Å². The van der Waals surface area contributed by atoms with Crippen LogP contribution in [0.25, 0.3) is 0 Å². The number of rotatable bonds is 3. The fraction of sp³-hybridized carbons (Fsp3) is 0.438. The minimum Gasteiger partial charge on any atom is -0.447 e. The van der Waals surface area contributed by atoms with Gasteiger partial charge in [-0.1, -0.05) is 0 Å². The molecule has 0 N–H and O–H groups in total. The standard InChI is InChI=1S/C16H17FN2O3/c1-11(10-18)22-16(21)13-6-8-19(9-7-13)15(20)12-2-4-14(17)5-3-12/h2-5,11,13H,6-9H2,1H3/t11-/m1/s1. The molecule has 1 aliphatic heterocycles. The highest BCUT2D eigenvalue weighted by atomic mass is 19.1. The monoisotopic (exact) mass is 304 g/mol. The van der Waals surface area contributed by atoms with E-state index in [9.17, 15) is 14.0 Å². The number of likely N-dealkylation sites (tertiary alicyclic amines) is 1. The van der Waals surface area contributed by atoms with Crippen molar-refractivity contribution in [2.45, 2.75) is 25.9 Å². The van der Waals surface area contributed by atoms with Crippen LogP contribution in [0.3, 0.4) is 0 Å². The highest BCUT2D eigenvalue weighted by Gasteiger charge is 2.29. The molecule has 0 saturated carbocycles. The molecular formula is C16H17FN2O3. The maximum atomic E-state index is 12.9. The van der Waals surface area contributed by atoms with E-state index in [4.69, 9.17) is 10.00 Å². The molecule has 0 bridgehead atoms. The topological polar surface area (TPSA) is 70.4 Å². The van der Waals surface area contributed by atoms with Crippen molar-refractivity contribution in [1.82, 2.24) is 4.90 Å². The Morgan fingerprint density at radius 2 is 1.91 bits per heavy atom. The van der Waals surface area contributed by atoms with Crippen molar-refractivity contribution >= 4 is 11.9 Å². The average Bonchev–Trinajstić information content (AvgIpc) is 2.55. The molecule has 2 rings (SSSR count). The van der Waals surface area contributed by atoms with E-state index in [1.54, 1.807) is 4.90 Å². The number of nitriles is 1. The molecule has 1 aliphatic rings. The summed E-state index contributed by atoms with van der Waals surface area (Å²) in [5.74, 6) is -1.22. The molecule has 0 aromatic heterocycles. The van der Waals surface area contributed by atoms with Gasteiger partial charge in [-0.2, -0.15) is 5.26 Å². The van der Waals surface area contributed by atoms with Crippen molar-refractivity contribution in [2.24, 2.45) is 5.92 Å². The molecule has 1 aromatic rings. The van der Waals surface area contributed by atoms with Crippen molar-refractivity contribution in [2.75, 3.05) is 13.1 Å². The summed E-state index contributed by atoms with van der Waals surface area (Å²) in [6.45, 7) is 2.40. The Labute approximate surface area is 128 Å². The van der Waals surface area contributed by atoms with Crippen molar-refractivity contribution in [1.29, 1.82) is 5.26 Å². The Kier molecular flexibility index (Phi) is 5.10. The second-order valence-corrected chi connectivity index (χ2v) is 5.28. The van der Waals surface area contributed by atoms with Crippen LogP contribution in [-0.4, -0.2) is 36.0 Å². The molecule has 0 spiro atoms. The number of amides is 1. The molecular weight excluding hydrogens is 287 g/mol. The van der Waals surface area contributed by atoms with E-state index < -0.39 is 6.10 Å². The van der Waals surface area contributed by atoms with Crippen LogP contribution in [0.1, 0.15) is 30.1 Å². The first-order chi connectivity index (χ1) is 10.5. The average molecular weight is 304 g/mol. The van der Waals surface area contributed by atoms with Gasteiger partial charge in [0, 0.05) is 18.7 Å². The first-order valence-electron chi connectivity index (χ1n) is 7.16. The van der Waals surface area contributed by atoms with Crippen molar-refractivity contribution in [3.8, 4) is 6.07 Å². The molecule has 1 heterocycles. The van der Waals surface area contributed by atoms with E-state index >= 15 is 0 Å². The van der Waals surface area contributed by atoms with Gasteiger partial charge in [-0.15, -0.1) is 0 Å². The van der Waals surface area contributed by atoms with Crippen LogP contribution in [0.2, 0.25) is 0 Å². The lowest BCUT2D eigenvalue weighted by atomic mass is 9.96. The zero-order valence-electron chi connectivity index (χ0n) is 12.3. The second kappa shape index (κ2) is 7.03. The molecule has 116 valence electrons. The third kappa shape index (κ3) is 3.82. The van der Waals surface area contributed by atoms with Crippen LogP contribution >= 0.6 is 0 Å². The minimum absolute atomic E-state index is 0.169. The summed E-state index contributed by atoms with van der Waals surface area (Å²) in [7, 11) is 0. The van der Waals surface area contributed by atoms with E-state index in [2.05, 4.69) is 0 Å². The number of hydrogen-bond acceptors (Lipinski definition) is 4. The van der Waals surface area contributed by atoms with E-state index in [0.717, 1.165) is 0 Å². The Hall–Kier alpha value is -2.42. The van der Waals surface area contributed by atoms with Crippen LogP contribution in [0.15, 0.2) is 24.3 Å². The van der Waals surface area contributed by atoms with Crippen molar-refractivity contribution in [3.05, 3.63) is 35.6 Å². The number of piperidine rings is 1. The summed E-state index contributed by atoms with van der Waals surface area (Å²) in [6, 6.07) is 7.25. The predicted molar refractivity (Wildman–Crippen MR) is 76.2 cm³/mol. The van der Waals surface area contributed by atoms with E-state index in [-0.39, 0.29) is 23.6 Å². The molecule has 22 heavy (non-hydrogen) atoms. The second-order valence-electron chi connectivity index (χ2n) is 5.28. The van der Waals surface area contributed by atoms with Crippen LogP contribution in [-0.2, 0) is 9.53 Å². The lowest BCUT2D eigenvalue weighted by Gasteiger charge is -2.31. The number of esters is 1. The van der Waals surface area contributed by atoms with Gasteiger partial charge in [0.05, 0.1) is 5.92 Å². The normalized spacial score (nSPS) is 16.7. The van der Waals surface area contributed by atoms with Gasteiger partial charge in [0.15, 0.2) is 6.10 Å². The van der Waals surface area contributed by atoms with Crippen LogP contribution in [0.5, 0.6) is 0 Å². The van der Waals surface area contributed by atoms with Crippen molar-refractivity contribution < 1.29 is 18.7 Å². The maximum absolute atomic E-state index is 12.9. The van der Waals surface area contributed by atoms with E-state index in [1.807, 2.05) is 6.07 Å². The van der Waals surface area contributed by atoms with Gasteiger partial charge in [-0.3, -0.25) is 9.59 Å². The Morgan fingerprint density at radius 3 is 2.45 bits per heavy atom. The summed E-state index contributed by atoms with van der Waals surface area (Å²) in [5.41, 5.74) is 0.431. The summed E-state index contributed by atoms with van der Waals surface area (Å²) >= 11 is 0. The molecule has 0 aliphatic carbocycles. The molecule has 0 radical (unpaired) electrons. The first kappa shape index (κ1) is 16.0. The third-order valence-electron chi connectivity index (χ3n) is 3.68. The molecule has 1 amide bonds. The molecule has 1 fully saturated rings. The molecule has 6 heteroatoms. The lowest BCUT2D eigenvalue weighted by Crippen LogP contribution is -2.41. The molecule has 1 atom stereocenters. The largest absolute Gasteiger partial charge is 0.447 e. The lowest BCUT2D eigenvalue weighted by molar-refractivity contribution is -0.152. The van der Waals surface area contributed by atoms with Gasteiger partial charge in [-0.25, -0.2) is 4.39 Å². The first-order valence-corrected chi connectivity index (χ1v) is 7.16. The molecule has 1 saturated heterocycles. The van der Waals surface area contributed by atoms with Crippen LogP contribution in [0, 0.1) is 23.1 Å². The maximum Gasteiger partial charge on any atom is 0.310 e. The molecule has 0 unspecified atom stereocenters. The fourth-order valence-corrected chi connectivity index (χ4v) is 2.39. The van der Waals surface area contributed by atoms with Crippen molar-refractivity contribution in [3.63, 3.8) is 0 Å². The van der Waals surface area contributed by atoms with Gasteiger partial charge >= 0.3 is 5.97 Å². The Morgan fingerprint density at radius 1 is 1.32 bits per heavy atom. The van der Waals surface area contributed by atoms with Gasteiger partial charge in [0.25, 0.3) is 5.91 Å². The molecule has 1 aromatic carbocycles. The third-order valence-corrected chi connectivity index (χ3v) is 3.68. The fourth-order valence-electron chi connectivity index (χ4n) is 2.39. The number of halogens is 1. The molecule has 5 nitrogen and oxygen atoms in total. The summed E-state index contributed by atoms with van der Waals surface area (Å²) < 4.78 is 17.9. The van der Waals surface area contributed by atoms with Gasteiger partial charge < -0.3 is 9.64 Å². The zero-order valence-corrected chi connectivity index (χ0v) is 12.3. The van der Waals surface area contributed by atoms with Gasteiger partial charge in [0.1, 0.15) is 11.9 Å². The smallest absolute Gasteiger partial charge is 0.310 e. The summed E-state index contributed by atoms with van der Waals surface area (Å²) in [6.07, 6.45) is 0.250. The number of ether oxygens (including phenoxy) is 1. The number of hydrogen-bond donors (Lipinski definition) is 0. The zero-order chi connectivity index (χ0) is 16.1.